The highest BCUT2D eigenvalue weighted by molar-refractivity contribution is 5.71. The molecule has 1 aliphatic rings. The summed E-state index contributed by atoms with van der Waals surface area (Å²) >= 11 is 0. The Morgan fingerprint density at radius 1 is 0.909 bits per heavy atom. The highest BCUT2D eigenvalue weighted by Crippen LogP contribution is 2.34. The maximum atomic E-state index is 14.9. The average Bonchev–Trinajstić information content (AvgIpc) is 2.83. The number of hydrogen-bond acceptors (Lipinski definition) is 2. The topological polar surface area (TPSA) is 18.5 Å². The number of ether oxygens (including phenoxy) is 2. The first-order chi connectivity index (χ1) is 16.0. The lowest BCUT2D eigenvalue weighted by atomic mass is 9.89. The molecule has 2 atom stereocenters. The van der Waals surface area contributed by atoms with Gasteiger partial charge in [-0.15, -0.1) is 0 Å². The van der Waals surface area contributed by atoms with Crippen LogP contribution in [0.25, 0.3) is 22.3 Å². The first-order valence-electron chi connectivity index (χ1n) is 11.3. The predicted octanol–water partition coefficient (Wildman–Crippen LogP) is 7.68. The molecule has 0 amide bonds. The molecule has 3 aromatic carbocycles. The van der Waals surface area contributed by atoms with Crippen LogP contribution in [-0.4, -0.2) is 19.3 Å². The minimum Gasteiger partial charge on any atom is -0.491 e. The van der Waals surface area contributed by atoms with Gasteiger partial charge in [-0.1, -0.05) is 48.6 Å². The molecule has 0 spiro atoms. The molecule has 5 heteroatoms. The van der Waals surface area contributed by atoms with Crippen LogP contribution in [0.1, 0.15) is 38.2 Å². The van der Waals surface area contributed by atoms with Gasteiger partial charge in [0.25, 0.3) is 0 Å². The molecule has 33 heavy (non-hydrogen) atoms. The third kappa shape index (κ3) is 4.98. The van der Waals surface area contributed by atoms with E-state index in [2.05, 4.69) is 0 Å². The summed E-state index contributed by atoms with van der Waals surface area (Å²) in [5, 5.41) is 0. The van der Waals surface area contributed by atoms with Gasteiger partial charge in [0, 0.05) is 11.5 Å². The summed E-state index contributed by atoms with van der Waals surface area (Å²) in [6, 6.07) is 15.1. The van der Waals surface area contributed by atoms with E-state index < -0.39 is 11.6 Å². The maximum absolute atomic E-state index is 14.9. The van der Waals surface area contributed by atoms with Crippen molar-refractivity contribution in [2.24, 2.45) is 0 Å². The van der Waals surface area contributed by atoms with E-state index in [1.807, 2.05) is 31.2 Å². The van der Waals surface area contributed by atoms with E-state index in [4.69, 9.17) is 9.47 Å². The second kappa shape index (κ2) is 10.3. The fraction of sp³-hybridized carbons (Fsp3) is 0.286. The number of halogens is 3. The van der Waals surface area contributed by atoms with Crippen molar-refractivity contribution in [2.45, 2.75) is 38.7 Å². The lowest BCUT2D eigenvalue weighted by molar-refractivity contribution is 0.0319. The first-order valence-corrected chi connectivity index (χ1v) is 11.3. The monoisotopic (exact) mass is 452 g/mol. The van der Waals surface area contributed by atoms with Gasteiger partial charge in [0.15, 0.2) is 11.6 Å². The van der Waals surface area contributed by atoms with Crippen LogP contribution in [0.5, 0.6) is 5.75 Å². The van der Waals surface area contributed by atoms with Gasteiger partial charge in [0.2, 0.25) is 5.82 Å². The number of hydrogen-bond donors (Lipinski definition) is 0. The summed E-state index contributed by atoms with van der Waals surface area (Å²) in [6.07, 6.45) is 5.88. The van der Waals surface area contributed by atoms with Crippen LogP contribution in [0.15, 0.2) is 66.7 Å². The SMILES string of the molecule is CC=CC1CCC(c2ccc(-c3ccc(-c4ccc(OCC)c(F)c4F)cc3)cc2F)CO1. The lowest BCUT2D eigenvalue weighted by Gasteiger charge is -2.28. The Morgan fingerprint density at radius 2 is 1.64 bits per heavy atom. The van der Waals surface area contributed by atoms with Gasteiger partial charge in [-0.05, 0) is 67.1 Å². The molecule has 0 saturated carbocycles. The van der Waals surface area contributed by atoms with Crippen molar-refractivity contribution in [2.75, 3.05) is 13.2 Å². The zero-order chi connectivity index (χ0) is 23.4. The Hall–Kier alpha value is -3.05. The molecule has 1 heterocycles. The first kappa shape index (κ1) is 23.1. The third-order valence-corrected chi connectivity index (χ3v) is 6.03. The number of benzene rings is 3. The molecule has 1 aliphatic heterocycles. The highest BCUT2D eigenvalue weighted by Gasteiger charge is 2.24. The Bertz CT molecular complexity index is 1130. The summed E-state index contributed by atoms with van der Waals surface area (Å²) in [4.78, 5) is 0. The van der Waals surface area contributed by atoms with Crippen LogP contribution in [0, 0.1) is 17.5 Å². The molecule has 2 nitrogen and oxygen atoms in total. The molecule has 0 radical (unpaired) electrons. The van der Waals surface area contributed by atoms with Gasteiger partial charge in [0.1, 0.15) is 5.82 Å². The summed E-state index contributed by atoms with van der Waals surface area (Å²) in [5.74, 6) is -2.27. The molecule has 4 rings (SSSR count). The number of allylic oxidation sites excluding steroid dienone is 1. The van der Waals surface area contributed by atoms with Crippen LogP contribution in [0.4, 0.5) is 13.2 Å². The Labute approximate surface area is 192 Å². The Morgan fingerprint density at radius 3 is 2.27 bits per heavy atom. The number of rotatable bonds is 6. The van der Waals surface area contributed by atoms with E-state index in [-0.39, 0.29) is 35.8 Å². The van der Waals surface area contributed by atoms with Crippen molar-refractivity contribution in [3.05, 3.63) is 89.8 Å². The van der Waals surface area contributed by atoms with Crippen molar-refractivity contribution in [3.8, 4) is 28.0 Å². The maximum Gasteiger partial charge on any atom is 0.201 e. The van der Waals surface area contributed by atoms with E-state index >= 15 is 0 Å². The van der Waals surface area contributed by atoms with Gasteiger partial charge >= 0.3 is 0 Å². The van der Waals surface area contributed by atoms with Crippen molar-refractivity contribution in [1.82, 2.24) is 0 Å². The second-order valence-electron chi connectivity index (χ2n) is 8.16. The molecular weight excluding hydrogens is 425 g/mol. The van der Waals surface area contributed by atoms with Crippen LogP contribution in [0.2, 0.25) is 0 Å². The van der Waals surface area contributed by atoms with Crippen LogP contribution >= 0.6 is 0 Å². The summed E-state index contributed by atoms with van der Waals surface area (Å²) < 4.78 is 54.6. The van der Waals surface area contributed by atoms with Crippen molar-refractivity contribution in [3.63, 3.8) is 0 Å². The van der Waals surface area contributed by atoms with Gasteiger partial charge in [-0.25, -0.2) is 8.78 Å². The van der Waals surface area contributed by atoms with E-state index in [0.29, 0.717) is 17.7 Å². The third-order valence-electron chi connectivity index (χ3n) is 6.03. The molecule has 2 unspecified atom stereocenters. The summed E-state index contributed by atoms with van der Waals surface area (Å²) in [6.45, 7) is 4.43. The molecule has 3 aromatic rings. The zero-order valence-electron chi connectivity index (χ0n) is 18.8. The normalized spacial score (nSPS) is 18.6. The summed E-state index contributed by atoms with van der Waals surface area (Å²) in [5.41, 5.74) is 2.87. The van der Waals surface area contributed by atoms with Gasteiger partial charge in [-0.2, -0.15) is 4.39 Å². The fourth-order valence-corrected chi connectivity index (χ4v) is 4.29. The second-order valence-corrected chi connectivity index (χ2v) is 8.16. The van der Waals surface area contributed by atoms with Gasteiger partial charge in [0.05, 0.1) is 19.3 Å². The molecule has 0 N–H and O–H groups in total. The Balaban J connectivity index is 1.52. The molecule has 1 fully saturated rings. The highest BCUT2D eigenvalue weighted by atomic mass is 19.2. The quantitative estimate of drug-likeness (QED) is 0.357. The predicted molar refractivity (Wildman–Crippen MR) is 125 cm³/mol. The standard InChI is InChI=1S/C28H27F3O2/c1-3-5-22-12-10-21(17-33-22)23-13-11-20(16-25(23)29)18-6-8-19(9-7-18)24-14-15-26(32-4-2)28(31)27(24)30/h3,5-9,11,13-16,21-22H,4,10,12,17H2,1-2H3. The average molecular weight is 453 g/mol. The van der Waals surface area contributed by atoms with Crippen molar-refractivity contribution in [1.29, 1.82) is 0 Å². The fourth-order valence-electron chi connectivity index (χ4n) is 4.29. The van der Waals surface area contributed by atoms with Crippen molar-refractivity contribution < 1.29 is 22.6 Å². The largest absolute Gasteiger partial charge is 0.491 e. The van der Waals surface area contributed by atoms with Crippen molar-refractivity contribution >= 4 is 0 Å². The summed E-state index contributed by atoms with van der Waals surface area (Å²) in [7, 11) is 0. The van der Waals surface area contributed by atoms with Crippen LogP contribution < -0.4 is 4.74 Å². The van der Waals surface area contributed by atoms with E-state index in [1.165, 1.54) is 18.2 Å². The van der Waals surface area contributed by atoms with Gasteiger partial charge in [-0.3, -0.25) is 0 Å². The van der Waals surface area contributed by atoms with Gasteiger partial charge < -0.3 is 9.47 Å². The molecule has 0 aromatic heterocycles. The molecule has 0 aliphatic carbocycles. The molecule has 172 valence electrons. The van der Waals surface area contributed by atoms with Crippen LogP contribution in [0.3, 0.4) is 0 Å². The molecule has 1 saturated heterocycles. The van der Waals surface area contributed by atoms with E-state index in [9.17, 15) is 13.2 Å². The molecule has 0 bridgehead atoms. The molecular formula is C28H27F3O2. The minimum atomic E-state index is -1.00. The Kier molecular flexibility index (Phi) is 7.19. The van der Waals surface area contributed by atoms with E-state index in [1.54, 1.807) is 31.2 Å². The van der Waals surface area contributed by atoms with Crippen LogP contribution in [-0.2, 0) is 4.74 Å². The van der Waals surface area contributed by atoms with E-state index in [0.717, 1.165) is 24.0 Å². The lowest BCUT2D eigenvalue weighted by Crippen LogP contribution is -2.23. The zero-order valence-corrected chi connectivity index (χ0v) is 18.8. The smallest absolute Gasteiger partial charge is 0.201 e. The minimum absolute atomic E-state index is 0.0421.